The summed E-state index contributed by atoms with van der Waals surface area (Å²) in [5, 5.41) is 26.7. The van der Waals surface area contributed by atoms with Crippen molar-refractivity contribution in [3.05, 3.63) is 106 Å². The van der Waals surface area contributed by atoms with Crippen molar-refractivity contribution in [2.75, 3.05) is 52.2 Å². The van der Waals surface area contributed by atoms with Crippen LogP contribution in [0.1, 0.15) is 47.7 Å². The van der Waals surface area contributed by atoms with Crippen molar-refractivity contribution in [3.8, 4) is 45.8 Å². The van der Waals surface area contributed by atoms with Gasteiger partial charge in [0.05, 0.1) is 52.1 Å². The molecule has 0 saturated carbocycles. The molecule has 10 rings (SSSR count). The van der Waals surface area contributed by atoms with E-state index in [9.17, 15) is 37.5 Å². The van der Waals surface area contributed by atoms with Crippen molar-refractivity contribution < 1.29 is 61.6 Å². The van der Waals surface area contributed by atoms with Gasteiger partial charge in [-0.15, -0.1) is 12.4 Å². The monoisotopic (exact) mass is 1400 g/mol. The normalized spacial score (nSPS) is 15.5. The standard InChI is InChI=1S/C27H25BrFN7O5.C16H14N4O4.C11H13BrFN3O2.ClH.S2.H2S/c1-14(37)25-19-6-15(16-10-30-27(41-3)31-11-16)4-5-20(19)36(34-25)13-24(38)35-12-17(29)7-21(35)26(39)33-23-9-18(40-2)8-22(28)32-23;1-9(21)15-12-5-10(11-6-17-16(24-2)18-7-11)3-4-13(12)20(19-15)8-14(22)23;1-18-7-3-9(12)15-10(4-7)16-11(17)8-2-6(13)5-14-8;;1-2;/h4-6,8-11,17,21H,7,12-13H2,1-3H3,(H,32,33,39);3-7H,8H2,1-2H3,(H,22,23);3-4,6,8,14H,2,5H2,1H3,(H,15,16,17);1H;;1H2/t17-,21+;;6-,8+;;;/m1.1.../s1. The molecule has 2 aliphatic rings. The summed E-state index contributed by atoms with van der Waals surface area (Å²) in [6, 6.07) is 16.0. The number of carboxylic acids is 1. The maximum Gasteiger partial charge on any atom is 0.325 e. The zero-order valence-electron chi connectivity index (χ0n) is 46.8. The largest absolute Gasteiger partial charge is 0.497 e. The first-order valence-electron chi connectivity index (χ1n) is 25.2. The van der Waals surface area contributed by atoms with E-state index in [-0.39, 0.29) is 112 Å². The molecule has 2 aromatic carbocycles. The van der Waals surface area contributed by atoms with E-state index in [2.05, 4.69) is 110 Å². The van der Waals surface area contributed by atoms with Crippen LogP contribution in [0.4, 0.5) is 20.4 Å². The number of fused-ring (bicyclic) bond motifs is 2. The van der Waals surface area contributed by atoms with Gasteiger partial charge in [0.1, 0.15) is 75.2 Å². The fourth-order valence-corrected chi connectivity index (χ4v) is 9.74. The fraction of sp³-hybridized carbons (Fsp3) is 0.296. The quantitative estimate of drug-likeness (QED) is 0.0546. The van der Waals surface area contributed by atoms with Crippen LogP contribution in [0.2, 0.25) is 0 Å². The smallest absolute Gasteiger partial charge is 0.325 e. The number of benzene rings is 2. The number of alkyl halides is 2. The number of ketones is 2. The lowest BCUT2D eigenvalue weighted by Gasteiger charge is -2.23. The number of anilines is 2. The van der Waals surface area contributed by atoms with Crippen molar-refractivity contribution >= 4 is 149 Å². The zero-order valence-corrected chi connectivity index (χ0v) is 53.4. The maximum absolute atomic E-state index is 14.5. The fourth-order valence-electron chi connectivity index (χ4n) is 8.90. The summed E-state index contributed by atoms with van der Waals surface area (Å²) in [7, 11) is 5.96. The number of rotatable bonds is 16. The molecule has 33 heteroatoms. The number of ether oxygens (including phenoxy) is 4. The third-order valence-electron chi connectivity index (χ3n) is 12.8. The Labute approximate surface area is 534 Å². The molecule has 0 bridgehead atoms. The van der Waals surface area contributed by atoms with Crippen LogP contribution in [-0.2, 0) is 54.6 Å². The lowest BCUT2D eigenvalue weighted by atomic mass is 10.0. The molecule has 4 N–H and O–H groups in total. The number of halogens is 5. The summed E-state index contributed by atoms with van der Waals surface area (Å²) >= 11 is 13.8. The van der Waals surface area contributed by atoms with Crippen LogP contribution in [0.3, 0.4) is 0 Å². The predicted molar refractivity (Wildman–Crippen MR) is 335 cm³/mol. The van der Waals surface area contributed by atoms with Crippen molar-refractivity contribution in [3.63, 3.8) is 0 Å². The number of carboxylic acid groups (broad SMARTS) is 1. The van der Waals surface area contributed by atoms with Crippen molar-refractivity contribution in [2.24, 2.45) is 0 Å². The van der Waals surface area contributed by atoms with Crippen molar-refractivity contribution in [1.29, 1.82) is 0 Å². The second-order valence-corrected chi connectivity index (χ2v) is 20.1. The van der Waals surface area contributed by atoms with E-state index >= 15 is 0 Å². The number of hydrogen-bond donors (Lipinski definition) is 4. The van der Waals surface area contributed by atoms with E-state index in [4.69, 9.17) is 24.1 Å². The highest BCUT2D eigenvalue weighted by Crippen LogP contribution is 2.31. The van der Waals surface area contributed by atoms with Crippen LogP contribution in [0.15, 0.2) is 94.7 Å². The molecule has 0 unspecified atom stereocenters. The molecule has 8 heterocycles. The van der Waals surface area contributed by atoms with Gasteiger partial charge in [-0.1, -0.05) is 12.1 Å². The Morgan fingerprint density at radius 2 is 1.09 bits per heavy atom. The molecule has 2 saturated heterocycles. The van der Waals surface area contributed by atoms with Gasteiger partial charge < -0.3 is 44.9 Å². The lowest BCUT2D eigenvalue weighted by molar-refractivity contribution is -0.138. The molecule has 0 aliphatic carbocycles. The molecule has 3 amide bonds. The first kappa shape index (κ1) is 69.9. The maximum atomic E-state index is 14.5. The number of aromatic nitrogens is 10. The van der Waals surface area contributed by atoms with E-state index in [1.165, 1.54) is 62.6 Å². The van der Waals surface area contributed by atoms with Crippen LogP contribution in [-0.4, -0.2) is 161 Å². The summed E-state index contributed by atoms with van der Waals surface area (Å²) in [6.07, 6.45) is 4.11. The summed E-state index contributed by atoms with van der Waals surface area (Å²) in [6.45, 7) is 2.15. The first-order chi connectivity index (χ1) is 40.7. The number of nitrogens with zero attached hydrogens (tertiary/aromatic N) is 11. The van der Waals surface area contributed by atoms with Gasteiger partial charge in [-0.25, -0.2) is 38.7 Å². The number of hydrogen-bond acceptors (Lipinski definition) is 21. The number of carbonyl (C=O) groups excluding carboxylic acids is 5. The van der Waals surface area contributed by atoms with E-state index in [0.717, 1.165) is 16.7 Å². The summed E-state index contributed by atoms with van der Waals surface area (Å²) in [5.74, 6) is -1.33. The van der Waals surface area contributed by atoms with Gasteiger partial charge in [-0.2, -0.15) is 23.7 Å². The Morgan fingerprint density at radius 1 is 0.644 bits per heavy atom. The third-order valence-corrected chi connectivity index (χ3v) is 13.6. The second-order valence-electron chi connectivity index (χ2n) is 18.5. The Bertz CT molecular complexity index is 3790. The van der Waals surface area contributed by atoms with Gasteiger partial charge in [-0.05, 0) is 67.3 Å². The topological polar surface area (TPSA) is 312 Å². The highest BCUT2D eigenvalue weighted by atomic mass is 79.9. The van der Waals surface area contributed by atoms with Gasteiger partial charge in [0.25, 0.3) is 0 Å². The average Bonchev–Trinajstić information content (AvgIpc) is 2.33. The van der Waals surface area contributed by atoms with Crippen molar-refractivity contribution in [1.82, 2.24) is 59.7 Å². The summed E-state index contributed by atoms with van der Waals surface area (Å²) in [4.78, 5) is 99.4. The number of methoxy groups -OCH3 is 4. The van der Waals surface area contributed by atoms with Crippen LogP contribution >= 0.6 is 57.8 Å². The van der Waals surface area contributed by atoms with Crippen LogP contribution in [0.5, 0.6) is 23.5 Å². The Kier molecular flexibility index (Phi) is 25.9. The molecule has 25 nitrogen and oxygen atoms in total. The minimum Gasteiger partial charge on any atom is -0.497 e. The van der Waals surface area contributed by atoms with Gasteiger partial charge in [0, 0.05) is 127 Å². The SMILES string of the molecule is COc1cc(Br)nc(NC(=O)[C@@H]2C[C@@H](F)CN2)c1.COc1cc(Br)nc(NC(=O)[C@@H]2C[C@@H](F)CN2C(=O)Cn2nc(C(C)=O)c3cc(-c4cnc(OC)nc4)ccc32)c1.COc1ncc(-c2ccc3c(c2)c(C(C)=O)nn3CC(=O)O)cn1.Cl.S.S=S. The highest BCUT2D eigenvalue weighted by Gasteiger charge is 2.40. The molecule has 460 valence electrons. The number of amides is 3. The minimum absolute atomic E-state index is 0. The van der Waals surface area contributed by atoms with E-state index in [1.54, 1.807) is 79.4 Å². The Morgan fingerprint density at radius 3 is 1.49 bits per heavy atom. The molecule has 8 aromatic rings. The van der Waals surface area contributed by atoms with Gasteiger partial charge in [-0.3, -0.25) is 38.1 Å². The molecule has 2 aliphatic heterocycles. The molecule has 0 radical (unpaired) electrons. The molecule has 6 aromatic heterocycles. The third kappa shape index (κ3) is 17.9. The van der Waals surface area contributed by atoms with Gasteiger partial charge >= 0.3 is 18.0 Å². The second kappa shape index (κ2) is 32.2. The average molecular weight is 1410 g/mol. The zero-order chi connectivity index (χ0) is 61.6. The molecule has 87 heavy (non-hydrogen) atoms. The molecule has 0 spiro atoms. The molecular weight excluding hydrogens is 1350 g/mol. The number of nitrogens with one attached hydrogen (secondary N) is 3. The number of aliphatic carboxylic acids is 1. The van der Waals surface area contributed by atoms with E-state index in [1.807, 2.05) is 0 Å². The van der Waals surface area contributed by atoms with E-state index < -0.39 is 42.2 Å². The Hall–Kier alpha value is -7.88. The van der Waals surface area contributed by atoms with Crippen molar-refractivity contribution in [2.45, 2.75) is 64.2 Å². The summed E-state index contributed by atoms with van der Waals surface area (Å²) < 4.78 is 51.4. The Balaban J connectivity index is 0.000000255. The number of likely N-dealkylation sites (tertiary alicyclic amines) is 1. The van der Waals surface area contributed by atoms with Crippen LogP contribution < -0.4 is 34.9 Å². The lowest BCUT2D eigenvalue weighted by Crippen LogP contribution is -2.44. The van der Waals surface area contributed by atoms with Crippen LogP contribution in [0, 0.1) is 0 Å². The van der Waals surface area contributed by atoms with Crippen LogP contribution in [0.25, 0.3) is 44.1 Å². The highest BCUT2D eigenvalue weighted by molar-refractivity contribution is 9.10. The number of Topliss-reactive ketones (excluding diaryl/α,β-unsaturated/α-hetero) is 2. The van der Waals surface area contributed by atoms with Gasteiger partial charge in [0.2, 0.25) is 17.7 Å². The van der Waals surface area contributed by atoms with Gasteiger partial charge in [0.15, 0.2) is 11.6 Å². The first-order valence-corrected chi connectivity index (χ1v) is 28.2. The summed E-state index contributed by atoms with van der Waals surface area (Å²) in [5.41, 5.74) is 4.51. The molecular formula is C54H55Br2ClF2N14O11S3. The van der Waals surface area contributed by atoms with E-state index in [0.29, 0.717) is 53.9 Å². The molecule has 2 fully saturated rings. The number of pyridine rings is 2. The minimum atomic E-state index is -1.38. The molecule has 4 atom stereocenters. The number of carbonyl (C=O) groups is 6. The predicted octanol–water partition coefficient (Wildman–Crippen LogP) is 7.26.